The van der Waals surface area contributed by atoms with Gasteiger partial charge in [-0.3, -0.25) is 18.6 Å². The van der Waals surface area contributed by atoms with Crippen molar-refractivity contribution in [2.24, 2.45) is 0 Å². The number of phosphoric acid groups is 1. The Hall–Kier alpha value is -1.77. The number of likely N-dealkylation sites (N-methyl/N-ethyl adjacent to an activating group) is 1. The second-order valence-corrected chi connectivity index (χ2v) is 15.7. The summed E-state index contributed by atoms with van der Waals surface area (Å²) in [6.45, 7) is 4.27. The summed E-state index contributed by atoms with van der Waals surface area (Å²) in [4.78, 5) is 35.2. The van der Waals surface area contributed by atoms with E-state index >= 15 is 0 Å². The van der Waals surface area contributed by atoms with Gasteiger partial charge in [-0.1, -0.05) is 134 Å². The molecule has 292 valence electrons. The number of esters is 2. The Morgan fingerprint density at radius 1 is 0.640 bits per heavy atom. The van der Waals surface area contributed by atoms with Crippen molar-refractivity contribution in [1.82, 2.24) is 0 Å². The number of rotatable bonds is 35. The average Bonchev–Trinajstić information content (AvgIpc) is 3.06. The molecule has 0 saturated heterocycles. The molecule has 0 spiro atoms. The smallest absolute Gasteiger partial charge is 0.462 e. The summed E-state index contributed by atoms with van der Waals surface area (Å²) in [6, 6.07) is 0. The van der Waals surface area contributed by atoms with Crippen LogP contribution in [0.15, 0.2) is 36.5 Å². The predicted octanol–water partition coefficient (Wildman–Crippen LogP) is 10.6. The van der Waals surface area contributed by atoms with Crippen LogP contribution >= 0.6 is 7.82 Å². The van der Waals surface area contributed by atoms with Gasteiger partial charge in [-0.25, -0.2) is 4.57 Å². The number of carbonyl (C=O) groups excluding carboxylic acids is 2. The Bertz CT molecular complexity index is 959. The predicted molar refractivity (Wildman–Crippen MR) is 206 cm³/mol. The minimum absolute atomic E-state index is 0.0283. The molecule has 0 aliphatic carbocycles. The van der Waals surface area contributed by atoms with Crippen LogP contribution < -0.4 is 0 Å². The van der Waals surface area contributed by atoms with Crippen molar-refractivity contribution in [3.8, 4) is 0 Å². The zero-order valence-corrected chi connectivity index (χ0v) is 33.5. The fourth-order valence-corrected chi connectivity index (χ4v) is 5.83. The van der Waals surface area contributed by atoms with Crippen molar-refractivity contribution < 1.29 is 42.1 Å². The Morgan fingerprint density at radius 2 is 1.14 bits per heavy atom. The monoisotopic (exact) mass is 729 g/mol. The van der Waals surface area contributed by atoms with Gasteiger partial charge in [-0.05, 0) is 44.9 Å². The van der Waals surface area contributed by atoms with E-state index in [4.69, 9.17) is 18.5 Å². The molecule has 50 heavy (non-hydrogen) atoms. The molecule has 0 aromatic heterocycles. The van der Waals surface area contributed by atoms with Crippen molar-refractivity contribution >= 4 is 19.8 Å². The molecule has 0 saturated carbocycles. The molecule has 0 fully saturated rings. The van der Waals surface area contributed by atoms with Gasteiger partial charge in [0.2, 0.25) is 0 Å². The van der Waals surface area contributed by atoms with Gasteiger partial charge < -0.3 is 18.9 Å². The van der Waals surface area contributed by atoms with E-state index in [1.807, 2.05) is 21.1 Å². The van der Waals surface area contributed by atoms with Gasteiger partial charge in [-0.15, -0.1) is 0 Å². The quantitative estimate of drug-likeness (QED) is 0.0226. The molecule has 0 aliphatic rings. The van der Waals surface area contributed by atoms with Gasteiger partial charge in [0.05, 0.1) is 27.7 Å². The van der Waals surface area contributed by atoms with Gasteiger partial charge >= 0.3 is 19.8 Å². The molecule has 0 rings (SSSR count). The van der Waals surface area contributed by atoms with E-state index in [0.29, 0.717) is 17.4 Å². The normalized spacial score (nSPS) is 14.1. The molecule has 0 aromatic rings. The Labute approximate surface area is 306 Å². The molecule has 1 N–H and O–H groups in total. The SMILES string of the molecule is CC/C=C\C/C=C\C/C=C\CCCCCCCC(=O)O[C@H](COC(=O)CCCCCCCCCCCCC)COP(=O)(O)OCC[N+](C)(C)C. The molecule has 0 radical (unpaired) electrons. The largest absolute Gasteiger partial charge is 0.472 e. The first-order valence-electron chi connectivity index (χ1n) is 19.7. The maximum atomic E-state index is 12.6. The highest BCUT2D eigenvalue weighted by molar-refractivity contribution is 7.47. The van der Waals surface area contributed by atoms with E-state index in [0.717, 1.165) is 70.6 Å². The molecule has 0 aromatic carbocycles. The van der Waals surface area contributed by atoms with Crippen LogP contribution in [0.4, 0.5) is 0 Å². The molecular weight excluding hydrogens is 653 g/mol. The summed E-state index contributed by atoms with van der Waals surface area (Å²) in [5, 5.41) is 0. The van der Waals surface area contributed by atoms with E-state index in [-0.39, 0.29) is 32.0 Å². The van der Waals surface area contributed by atoms with E-state index in [1.165, 1.54) is 51.4 Å². The summed E-state index contributed by atoms with van der Waals surface area (Å²) >= 11 is 0. The number of carbonyl (C=O) groups is 2. The number of hydrogen-bond acceptors (Lipinski definition) is 7. The van der Waals surface area contributed by atoms with Crippen molar-refractivity contribution in [2.45, 2.75) is 161 Å². The molecule has 9 nitrogen and oxygen atoms in total. The third-order valence-electron chi connectivity index (χ3n) is 8.18. The third-order valence-corrected chi connectivity index (χ3v) is 9.17. The standard InChI is InChI=1S/C40H74NO8P/c1-6-8-10-12-14-16-18-19-20-21-23-25-27-29-31-33-40(43)49-38(37-48-50(44,45)47-35-34-41(3,4)5)36-46-39(42)32-30-28-26-24-22-17-15-13-11-9-7-2/h8,10,14,16,19-20,38H,6-7,9,11-13,15,17-18,21-37H2,1-5H3/p+1/b10-8-,16-14-,20-19-/t38-/m1/s1. The molecule has 10 heteroatoms. The van der Waals surface area contributed by atoms with Crippen molar-refractivity contribution in [2.75, 3.05) is 47.5 Å². The second kappa shape index (κ2) is 33.1. The lowest BCUT2D eigenvalue weighted by Crippen LogP contribution is -2.37. The van der Waals surface area contributed by atoms with Gasteiger partial charge in [0.15, 0.2) is 6.10 Å². The van der Waals surface area contributed by atoms with Gasteiger partial charge in [0, 0.05) is 12.8 Å². The zero-order chi connectivity index (χ0) is 37.2. The van der Waals surface area contributed by atoms with Gasteiger partial charge in [0.1, 0.15) is 19.8 Å². The molecule has 2 atom stereocenters. The maximum absolute atomic E-state index is 12.6. The van der Waals surface area contributed by atoms with Crippen LogP contribution in [-0.4, -0.2) is 74.9 Å². The molecule has 1 unspecified atom stereocenters. The molecular formula is C40H75NO8P+. The highest BCUT2D eigenvalue weighted by Crippen LogP contribution is 2.43. The Kier molecular flexibility index (Phi) is 31.9. The first kappa shape index (κ1) is 48.2. The van der Waals surface area contributed by atoms with Crippen molar-refractivity contribution in [3.63, 3.8) is 0 Å². The summed E-state index contributed by atoms with van der Waals surface area (Å²) in [5.41, 5.74) is 0. The van der Waals surface area contributed by atoms with Crippen LogP contribution in [0.3, 0.4) is 0 Å². The first-order chi connectivity index (χ1) is 24.0. The lowest BCUT2D eigenvalue weighted by atomic mass is 10.1. The zero-order valence-electron chi connectivity index (χ0n) is 32.6. The minimum atomic E-state index is -4.37. The van der Waals surface area contributed by atoms with Gasteiger partial charge in [0.25, 0.3) is 0 Å². The number of hydrogen-bond donors (Lipinski definition) is 1. The minimum Gasteiger partial charge on any atom is -0.462 e. The van der Waals surface area contributed by atoms with Crippen LogP contribution in [0.25, 0.3) is 0 Å². The molecule has 0 heterocycles. The number of unbranched alkanes of at least 4 members (excludes halogenated alkanes) is 15. The van der Waals surface area contributed by atoms with Gasteiger partial charge in [-0.2, -0.15) is 0 Å². The van der Waals surface area contributed by atoms with E-state index in [1.54, 1.807) is 0 Å². The van der Waals surface area contributed by atoms with E-state index < -0.39 is 26.5 Å². The Morgan fingerprint density at radius 3 is 1.70 bits per heavy atom. The lowest BCUT2D eigenvalue weighted by molar-refractivity contribution is -0.870. The summed E-state index contributed by atoms with van der Waals surface area (Å²) in [5.74, 6) is -0.820. The van der Waals surface area contributed by atoms with Crippen LogP contribution in [-0.2, 0) is 32.7 Å². The molecule has 0 amide bonds. The van der Waals surface area contributed by atoms with E-state index in [2.05, 4.69) is 50.3 Å². The molecule has 0 bridgehead atoms. The summed E-state index contributed by atoms with van der Waals surface area (Å²) < 4.78 is 34.1. The maximum Gasteiger partial charge on any atom is 0.472 e. The molecule has 0 aliphatic heterocycles. The summed E-state index contributed by atoms with van der Waals surface area (Å²) in [7, 11) is 1.46. The third kappa shape index (κ3) is 36.0. The lowest BCUT2D eigenvalue weighted by Gasteiger charge is -2.24. The average molecular weight is 729 g/mol. The van der Waals surface area contributed by atoms with Crippen LogP contribution in [0.1, 0.15) is 155 Å². The van der Waals surface area contributed by atoms with Crippen LogP contribution in [0.2, 0.25) is 0 Å². The number of ether oxygens (including phenoxy) is 2. The fraction of sp³-hybridized carbons (Fsp3) is 0.800. The number of quaternary nitrogens is 1. The Balaban J connectivity index is 4.45. The van der Waals surface area contributed by atoms with E-state index in [9.17, 15) is 19.0 Å². The van der Waals surface area contributed by atoms with Crippen molar-refractivity contribution in [3.05, 3.63) is 36.5 Å². The summed E-state index contributed by atoms with van der Waals surface area (Å²) in [6.07, 6.45) is 34.7. The highest BCUT2D eigenvalue weighted by Gasteiger charge is 2.27. The number of phosphoric ester groups is 1. The van der Waals surface area contributed by atoms with Crippen LogP contribution in [0.5, 0.6) is 0 Å². The highest BCUT2D eigenvalue weighted by atomic mass is 31.2. The number of nitrogens with zero attached hydrogens (tertiary/aromatic N) is 1. The second-order valence-electron chi connectivity index (χ2n) is 14.3. The topological polar surface area (TPSA) is 108 Å². The van der Waals surface area contributed by atoms with Crippen molar-refractivity contribution in [1.29, 1.82) is 0 Å². The van der Waals surface area contributed by atoms with Crippen LogP contribution in [0, 0.1) is 0 Å². The first-order valence-corrected chi connectivity index (χ1v) is 21.2. The number of allylic oxidation sites excluding steroid dienone is 6. The fourth-order valence-electron chi connectivity index (χ4n) is 5.09.